The van der Waals surface area contributed by atoms with Gasteiger partial charge in [-0.05, 0) is 35.6 Å². The van der Waals surface area contributed by atoms with E-state index in [1.807, 2.05) is 25.5 Å². The van der Waals surface area contributed by atoms with E-state index in [0.29, 0.717) is 0 Å². The fourth-order valence-electron chi connectivity index (χ4n) is 2.39. The van der Waals surface area contributed by atoms with Crippen molar-refractivity contribution in [3.8, 4) is 0 Å². The van der Waals surface area contributed by atoms with E-state index in [1.165, 1.54) is 21.9 Å². The molecule has 1 aromatic heterocycles. The molecule has 19 heavy (non-hydrogen) atoms. The van der Waals surface area contributed by atoms with Crippen LogP contribution < -0.4 is 5.32 Å². The molecular weight excluding hydrogens is 232 g/mol. The summed E-state index contributed by atoms with van der Waals surface area (Å²) in [6.45, 7) is 0. The first-order chi connectivity index (χ1) is 9.38. The highest BCUT2D eigenvalue weighted by molar-refractivity contribution is 5.92. The molecule has 1 N–H and O–H groups in total. The summed E-state index contributed by atoms with van der Waals surface area (Å²) in [6, 6.07) is 6.44. The van der Waals surface area contributed by atoms with Crippen LogP contribution in [0.1, 0.15) is 12.0 Å². The van der Waals surface area contributed by atoms with Crippen LogP contribution in [0.15, 0.2) is 61.0 Å². The summed E-state index contributed by atoms with van der Waals surface area (Å²) in [6.07, 6.45) is 15.3. The number of rotatable bonds is 2. The van der Waals surface area contributed by atoms with E-state index in [2.05, 4.69) is 52.8 Å². The third-order valence-corrected chi connectivity index (χ3v) is 3.39. The minimum Gasteiger partial charge on any atom is -0.388 e. The Morgan fingerprint density at radius 3 is 2.95 bits per heavy atom. The lowest BCUT2D eigenvalue weighted by Gasteiger charge is -2.13. The van der Waals surface area contributed by atoms with Crippen molar-refractivity contribution in [1.29, 1.82) is 0 Å². The van der Waals surface area contributed by atoms with Crippen LogP contribution in [0.3, 0.4) is 0 Å². The van der Waals surface area contributed by atoms with Gasteiger partial charge in [0.2, 0.25) is 0 Å². The van der Waals surface area contributed by atoms with Gasteiger partial charge in [0.05, 0.1) is 0 Å². The number of aromatic nitrogens is 1. The van der Waals surface area contributed by atoms with Crippen molar-refractivity contribution in [2.45, 2.75) is 6.42 Å². The third-order valence-electron chi connectivity index (χ3n) is 3.39. The van der Waals surface area contributed by atoms with E-state index in [9.17, 15) is 0 Å². The Labute approximate surface area is 113 Å². The van der Waals surface area contributed by atoms with Crippen LogP contribution in [-0.4, -0.2) is 12.0 Å². The van der Waals surface area contributed by atoms with Gasteiger partial charge in [0, 0.05) is 36.1 Å². The quantitative estimate of drug-likeness (QED) is 0.862. The fraction of sp³-hybridized carbons (Fsp3) is 0.118. The van der Waals surface area contributed by atoms with Crippen molar-refractivity contribution in [3.63, 3.8) is 0 Å². The van der Waals surface area contributed by atoms with Crippen LogP contribution in [0.2, 0.25) is 0 Å². The monoisotopic (exact) mass is 248 g/mol. The lowest BCUT2D eigenvalue weighted by Crippen LogP contribution is -1.95. The first-order valence-electron chi connectivity index (χ1n) is 6.47. The van der Waals surface area contributed by atoms with Gasteiger partial charge in [-0.25, -0.2) is 0 Å². The van der Waals surface area contributed by atoms with Crippen molar-refractivity contribution in [1.82, 2.24) is 4.98 Å². The Balaban J connectivity index is 2.18. The zero-order chi connectivity index (χ0) is 13.1. The molecule has 1 aliphatic rings. The second-order valence-electron chi connectivity index (χ2n) is 4.58. The summed E-state index contributed by atoms with van der Waals surface area (Å²) >= 11 is 0. The molecule has 1 aliphatic carbocycles. The summed E-state index contributed by atoms with van der Waals surface area (Å²) in [5.74, 6) is 0. The Morgan fingerprint density at radius 1 is 1.11 bits per heavy atom. The summed E-state index contributed by atoms with van der Waals surface area (Å²) < 4.78 is 0. The molecule has 0 spiro atoms. The highest BCUT2D eigenvalue weighted by Crippen LogP contribution is 2.31. The van der Waals surface area contributed by atoms with E-state index < -0.39 is 0 Å². The van der Waals surface area contributed by atoms with Gasteiger partial charge in [-0.1, -0.05) is 30.4 Å². The molecule has 0 atom stereocenters. The highest BCUT2D eigenvalue weighted by atomic mass is 14.8. The van der Waals surface area contributed by atoms with Crippen molar-refractivity contribution in [2.75, 3.05) is 12.4 Å². The average molecular weight is 248 g/mol. The third kappa shape index (κ3) is 2.29. The zero-order valence-corrected chi connectivity index (χ0v) is 10.9. The molecule has 2 heteroatoms. The minimum absolute atomic E-state index is 0.952. The maximum absolute atomic E-state index is 4.21. The summed E-state index contributed by atoms with van der Waals surface area (Å²) in [5, 5.41) is 5.68. The molecule has 0 bridgehead atoms. The van der Waals surface area contributed by atoms with Gasteiger partial charge in [0.15, 0.2) is 0 Å². The van der Waals surface area contributed by atoms with Crippen LogP contribution >= 0.6 is 0 Å². The predicted octanol–water partition coefficient (Wildman–Crippen LogP) is 4.18. The number of anilines is 1. The van der Waals surface area contributed by atoms with Crippen molar-refractivity contribution < 1.29 is 0 Å². The Morgan fingerprint density at radius 2 is 2.05 bits per heavy atom. The molecule has 2 nitrogen and oxygen atoms in total. The largest absolute Gasteiger partial charge is 0.388 e. The normalized spacial score (nSPS) is 14.3. The van der Waals surface area contributed by atoms with Crippen LogP contribution in [0.4, 0.5) is 5.69 Å². The summed E-state index contributed by atoms with van der Waals surface area (Å²) in [7, 11) is 1.97. The molecule has 94 valence electrons. The Kier molecular flexibility index (Phi) is 3.15. The predicted molar refractivity (Wildman–Crippen MR) is 82.2 cm³/mol. The number of pyridine rings is 1. The number of hydrogen-bond acceptors (Lipinski definition) is 2. The molecule has 0 amide bonds. The van der Waals surface area contributed by atoms with Crippen molar-refractivity contribution >= 4 is 22.0 Å². The minimum atomic E-state index is 0.952. The van der Waals surface area contributed by atoms with E-state index >= 15 is 0 Å². The molecular formula is C17H16N2. The van der Waals surface area contributed by atoms with Gasteiger partial charge in [0.25, 0.3) is 0 Å². The van der Waals surface area contributed by atoms with Crippen LogP contribution in [0.5, 0.6) is 0 Å². The van der Waals surface area contributed by atoms with Gasteiger partial charge >= 0.3 is 0 Å². The van der Waals surface area contributed by atoms with Gasteiger partial charge < -0.3 is 5.32 Å². The van der Waals surface area contributed by atoms with E-state index in [-0.39, 0.29) is 0 Å². The second kappa shape index (κ2) is 5.11. The maximum Gasteiger partial charge on any atom is 0.0420 e. The van der Waals surface area contributed by atoms with E-state index in [4.69, 9.17) is 0 Å². The molecule has 0 saturated carbocycles. The van der Waals surface area contributed by atoms with E-state index in [1.54, 1.807) is 0 Å². The fourth-order valence-corrected chi connectivity index (χ4v) is 2.39. The van der Waals surface area contributed by atoms with Crippen LogP contribution in [0.25, 0.3) is 16.3 Å². The SMILES string of the molecule is CNc1cc2ccncc2cc1C1=CC=CC=CC1. The smallest absolute Gasteiger partial charge is 0.0420 e. The first kappa shape index (κ1) is 11.7. The number of fused-ring (bicyclic) bond motifs is 1. The Bertz CT molecular complexity index is 693. The second-order valence-corrected chi connectivity index (χ2v) is 4.58. The molecule has 3 rings (SSSR count). The molecule has 0 fully saturated rings. The topological polar surface area (TPSA) is 24.9 Å². The number of hydrogen-bond donors (Lipinski definition) is 1. The highest BCUT2D eigenvalue weighted by Gasteiger charge is 2.08. The first-order valence-corrected chi connectivity index (χ1v) is 6.47. The molecule has 0 radical (unpaired) electrons. The molecule has 1 aromatic carbocycles. The lowest BCUT2D eigenvalue weighted by atomic mass is 9.97. The maximum atomic E-state index is 4.21. The molecule has 0 unspecified atom stereocenters. The number of allylic oxidation sites excluding steroid dienone is 6. The summed E-state index contributed by atoms with van der Waals surface area (Å²) in [4.78, 5) is 4.21. The van der Waals surface area contributed by atoms with Gasteiger partial charge in [-0.2, -0.15) is 0 Å². The van der Waals surface area contributed by atoms with E-state index in [0.717, 1.165) is 12.1 Å². The zero-order valence-electron chi connectivity index (χ0n) is 10.9. The standard InChI is InChI=1S/C17H16N2/c1-18-17-11-14-8-9-19-12-15(14)10-16(17)13-6-4-2-3-5-7-13/h2-6,8-12,18H,7H2,1H3. The van der Waals surface area contributed by atoms with Gasteiger partial charge in [-0.3, -0.25) is 4.98 Å². The average Bonchev–Trinajstić information content (AvgIpc) is 2.74. The number of benzene rings is 1. The van der Waals surface area contributed by atoms with Crippen molar-refractivity contribution in [2.24, 2.45) is 0 Å². The summed E-state index contributed by atoms with van der Waals surface area (Å²) in [5.41, 5.74) is 3.73. The Hall–Kier alpha value is -2.35. The molecule has 0 saturated heterocycles. The molecule has 1 heterocycles. The molecule has 0 aliphatic heterocycles. The molecule has 2 aromatic rings. The van der Waals surface area contributed by atoms with Crippen LogP contribution in [-0.2, 0) is 0 Å². The number of nitrogens with zero attached hydrogens (tertiary/aromatic N) is 1. The number of nitrogens with one attached hydrogen (secondary N) is 1. The van der Waals surface area contributed by atoms with Gasteiger partial charge in [-0.15, -0.1) is 0 Å². The van der Waals surface area contributed by atoms with Gasteiger partial charge in [0.1, 0.15) is 0 Å². The van der Waals surface area contributed by atoms with Crippen LogP contribution in [0, 0.1) is 0 Å². The lowest BCUT2D eigenvalue weighted by molar-refractivity contribution is 1.35. The van der Waals surface area contributed by atoms with Crippen molar-refractivity contribution in [3.05, 3.63) is 66.5 Å².